The van der Waals surface area contributed by atoms with Gasteiger partial charge in [-0.15, -0.1) is 0 Å². The second-order valence-corrected chi connectivity index (χ2v) is 10.1. The van der Waals surface area contributed by atoms with E-state index in [1.165, 1.54) is 0 Å². The summed E-state index contributed by atoms with van der Waals surface area (Å²) in [6.07, 6.45) is -11.5. The SMILES string of the molecule is CCOC(C)=Nc1cccc(Oc2ccc(C(c3ccc(Oc4cccc(N=C(C)OCC)c4)cc3)(C(F)(F)F)C(F)(F)F)cc2)c1. The summed E-state index contributed by atoms with van der Waals surface area (Å²) in [6, 6.07) is 20.2. The van der Waals surface area contributed by atoms with Crippen molar-refractivity contribution in [1.29, 1.82) is 0 Å². The zero-order valence-corrected chi connectivity index (χ0v) is 25.9. The lowest BCUT2D eigenvalue weighted by atomic mass is 9.73. The largest absolute Gasteiger partial charge is 0.481 e. The standard InChI is InChI=1S/C35H32F6N2O4/c1-5-44-23(3)42-27-9-7-11-31(21-27)46-29-17-13-25(14-18-29)33(34(36,37)38,35(39,40)41)26-15-19-30(20-16-26)47-32-12-8-10-28(22-32)43-24(4)45-6-2/h7-22H,5-6H2,1-4H3. The Morgan fingerprint density at radius 3 is 1.21 bits per heavy atom. The smallest absolute Gasteiger partial charge is 0.411 e. The Balaban J connectivity index is 1.64. The molecule has 6 nitrogen and oxygen atoms in total. The molecule has 12 heteroatoms. The van der Waals surface area contributed by atoms with Crippen molar-refractivity contribution in [3.8, 4) is 23.0 Å². The number of hydrogen-bond acceptors (Lipinski definition) is 6. The van der Waals surface area contributed by atoms with E-state index in [-0.39, 0.29) is 23.0 Å². The third kappa shape index (κ3) is 8.24. The quantitative estimate of drug-likeness (QED) is 0.0967. The van der Waals surface area contributed by atoms with E-state index in [4.69, 9.17) is 18.9 Å². The Kier molecular flexibility index (Phi) is 10.8. The summed E-state index contributed by atoms with van der Waals surface area (Å²) >= 11 is 0. The fourth-order valence-corrected chi connectivity index (χ4v) is 4.88. The van der Waals surface area contributed by atoms with Crippen molar-refractivity contribution in [2.45, 2.75) is 45.5 Å². The summed E-state index contributed by atoms with van der Waals surface area (Å²) < 4.78 is 110. The van der Waals surface area contributed by atoms with Crippen LogP contribution in [0.1, 0.15) is 38.8 Å². The molecule has 4 rings (SSSR count). The van der Waals surface area contributed by atoms with E-state index in [2.05, 4.69) is 9.98 Å². The van der Waals surface area contributed by atoms with Gasteiger partial charge in [0.05, 0.1) is 24.6 Å². The Bertz CT molecular complexity index is 1570. The van der Waals surface area contributed by atoms with Crippen molar-refractivity contribution in [2.75, 3.05) is 13.2 Å². The van der Waals surface area contributed by atoms with E-state index < -0.39 is 28.9 Å². The molecule has 0 atom stereocenters. The van der Waals surface area contributed by atoms with Crippen LogP contribution in [0, 0.1) is 0 Å². The molecule has 0 spiro atoms. The molecule has 0 heterocycles. The van der Waals surface area contributed by atoms with Crippen LogP contribution < -0.4 is 9.47 Å². The molecule has 0 radical (unpaired) electrons. The van der Waals surface area contributed by atoms with Crippen LogP contribution in [0.25, 0.3) is 0 Å². The van der Waals surface area contributed by atoms with Crippen molar-refractivity contribution in [2.24, 2.45) is 9.98 Å². The van der Waals surface area contributed by atoms with Crippen LogP contribution in [-0.2, 0) is 14.9 Å². The minimum Gasteiger partial charge on any atom is -0.481 e. The van der Waals surface area contributed by atoms with Crippen molar-refractivity contribution in [1.82, 2.24) is 0 Å². The van der Waals surface area contributed by atoms with E-state index >= 15 is 0 Å². The maximum atomic E-state index is 14.7. The highest BCUT2D eigenvalue weighted by Gasteiger charge is 2.72. The topological polar surface area (TPSA) is 61.6 Å². The molecule has 4 aromatic carbocycles. The predicted molar refractivity (Wildman–Crippen MR) is 168 cm³/mol. The Morgan fingerprint density at radius 2 is 0.894 bits per heavy atom. The average Bonchev–Trinajstić information content (AvgIpc) is 2.98. The molecule has 0 saturated carbocycles. The molecule has 0 bridgehead atoms. The molecule has 0 unspecified atom stereocenters. The van der Waals surface area contributed by atoms with Crippen LogP contribution in [-0.4, -0.2) is 37.4 Å². The maximum Gasteiger partial charge on any atom is 0.411 e. The van der Waals surface area contributed by atoms with E-state index in [0.29, 0.717) is 36.4 Å². The number of hydrogen-bond donors (Lipinski definition) is 0. The Labute approximate surface area is 268 Å². The van der Waals surface area contributed by atoms with Crippen LogP contribution in [0.3, 0.4) is 0 Å². The third-order valence-electron chi connectivity index (χ3n) is 6.81. The first-order valence-corrected chi connectivity index (χ1v) is 14.5. The van der Waals surface area contributed by atoms with Crippen LogP contribution in [0.4, 0.5) is 37.7 Å². The van der Waals surface area contributed by atoms with Crippen LogP contribution >= 0.6 is 0 Å². The molecule has 0 aliphatic carbocycles. The minimum absolute atomic E-state index is 0.0291. The summed E-state index contributed by atoms with van der Waals surface area (Å²) in [5.74, 6) is 1.44. The molecule has 248 valence electrons. The van der Waals surface area contributed by atoms with Gasteiger partial charge in [0, 0.05) is 26.0 Å². The van der Waals surface area contributed by atoms with Crippen molar-refractivity contribution < 1.29 is 45.3 Å². The van der Waals surface area contributed by atoms with E-state index in [0.717, 1.165) is 48.5 Å². The zero-order chi connectivity index (χ0) is 34.2. The summed E-state index contributed by atoms with van der Waals surface area (Å²) in [7, 11) is 0. The molecule has 47 heavy (non-hydrogen) atoms. The lowest BCUT2D eigenvalue weighted by Gasteiger charge is -2.38. The number of halogens is 6. The summed E-state index contributed by atoms with van der Waals surface area (Å²) in [5, 5.41) is 0. The number of rotatable bonds is 10. The molecule has 0 aromatic heterocycles. The minimum atomic E-state index is -5.76. The fraction of sp³-hybridized carbons (Fsp3) is 0.257. The number of nitrogens with zero attached hydrogens (tertiary/aromatic N) is 2. The second kappa shape index (κ2) is 14.6. The van der Waals surface area contributed by atoms with Crippen molar-refractivity contribution in [3.63, 3.8) is 0 Å². The summed E-state index contributed by atoms with van der Waals surface area (Å²) in [6.45, 7) is 7.80. The molecule has 0 aliphatic rings. The number of ether oxygens (including phenoxy) is 4. The highest BCUT2D eigenvalue weighted by molar-refractivity contribution is 5.77. The lowest BCUT2D eigenvalue weighted by molar-refractivity contribution is -0.288. The van der Waals surface area contributed by atoms with Crippen molar-refractivity contribution >= 4 is 23.2 Å². The highest BCUT2D eigenvalue weighted by atomic mass is 19.4. The molecule has 0 amide bonds. The number of aliphatic imine (C=N–C) groups is 2. The van der Waals surface area contributed by atoms with E-state index in [1.807, 2.05) is 13.8 Å². The van der Waals surface area contributed by atoms with Gasteiger partial charge in [-0.1, -0.05) is 36.4 Å². The first-order valence-electron chi connectivity index (χ1n) is 14.5. The van der Waals surface area contributed by atoms with E-state index in [1.54, 1.807) is 62.4 Å². The normalized spacial score (nSPS) is 12.9. The monoisotopic (exact) mass is 658 g/mol. The fourth-order valence-electron chi connectivity index (χ4n) is 4.88. The molecular weight excluding hydrogens is 626 g/mol. The zero-order valence-electron chi connectivity index (χ0n) is 25.9. The molecule has 4 aromatic rings. The molecule has 0 N–H and O–H groups in total. The van der Waals surface area contributed by atoms with Crippen LogP contribution in [0.15, 0.2) is 107 Å². The van der Waals surface area contributed by atoms with Gasteiger partial charge in [-0.25, -0.2) is 9.98 Å². The summed E-state index contributed by atoms with van der Waals surface area (Å²) in [4.78, 5) is 8.56. The first kappa shape index (κ1) is 34.9. The van der Waals surface area contributed by atoms with Gasteiger partial charge >= 0.3 is 12.4 Å². The summed E-state index contributed by atoms with van der Waals surface area (Å²) in [5.41, 5.74) is -5.42. The third-order valence-corrected chi connectivity index (χ3v) is 6.81. The number of benzene rings is 4. The molecular formula is C35H32F6N2O4. The predicted octanol–water partition coefficient (Wildman–Crippen LogP) is 10.9. The van der Waals surface area contributed by atoms with Gasteiger partial charge in [0.1, 0.15) is 23.0 Å². The van der Waals surface area contributed by atoms with Gasteiger partial charge in [0.15, 0.2) is 11.8 Å². The first-order chi connectivity index (χ1) is 22.3. The highest BCUT2D eigenvalue weighted by Crippen LogP contribution is 2.56. The van der Waals surface area contributed by atoms with Crippen LogP contribution in [0.2, 0.25) is 0 Å². The van der Waals surface area contributed by atoms with Gasteiger partial charge in [-0.2, -0.15) is 26.3 Å². The van der Waals surface area contributed by atoms with Gasteiger partial charge < -0.3 is 18.9 Å². The van der Waals surface area contributed by atoms with E-state index in [9.17, 15) is 26.3 Å². The average molecular weight is 659 g/mol. The maximum absolute atomic E-state index is 14.7. The molecule has 0 aliphatic heterocycles. The van der Waals surface area contributed by atoms with Gasteiger partial charge in [-0.3, -0.25) is 0 Å². The van der Waals surface area contributed by atoms with Crippen LogP contribution in [0.5, 0.6) is 23.0 Å². The Hall–Kier alpha value is -5.00. The lowest BCUT2D eigenvalue weighted by Crippen LogP contribution is -2.54. The Morgan fingerprint density at radius 1 is 0.532 bits per heavy atom. The van der Waals surface area contributed by atoms with Crippen molar-refractivity contribution in [3.05, 3.63) is 108 Å². The van der Waals surface area contributed by atoms with Gasteiger partial charge in [-0.05, 0) is 73.5 Å². The number of alkyl halides is 6. The van der Waals surface area contributed by atoms with Gasteiger partial charge in [0.25, 0.3) is 0 Å². The van der Waals surface area contributed by atoms with Gasteiger partial charge in [0.2, 0.25) is 5.41 Å². The molecule has 0 saturated heterocycles. The molecule has 0 fully saturated rings. The second-order valence-electron chi connectivity index (χ2n) is 10.1.